The van der Waals surface area contributed by atoms with Gasteiger partial charge in [-0.3, -0.25) is 0 Å². The lowest BCUT2D eigenvalue weighted by Gasteiger charge is -2.11. The molecule has 0 aliphatic carbocycles. The average molecular weight is 320 g/mol. The van der Waals surface area contributed by atoms with Gasteiger partial charge < -0.3 is 10.5 Å². The quantitative estimate of drug-likeness (QED) is 0.908. The van der Waals surface area contributed by atoms with Crippen molar-refractivity contribution in [3.05, 3.63) is 57.6 Å². The molecule has 0 amide bonds. The Labute approximate surface area is 122 Å². The summed E-state index contributed by atoms with van der Waals surface area (Å²) in [6.45, 7) is 4.80. The fourth-order valence-electron chi connectivity index (χ4n) is 1.98. The third-order valence-electron chi connectivity index (χ3n) is 3.11. The summed E-state index contributed by atoms with van der Waals surface area (Å²) >= 11 is 3.46. The number of hydrogen-bond acceptors (Lipinski definition) is 2. The van der Waals surface area contributed by atoms with Crippen molar-refractivity contribution in [2.45, 2.75) is 20.3 Å². The van der Waals surface area contributed by atoms with Gasteiger partial charge in [0.2, 0.25) is 0 Å². The molecule has 0 radical (unpaired) electrons. The molecule has 0 saturated heterocycles. The van der Waals surface area contributed by atoms with Gasteiger partial charge in [0.25, 0.3) is 0 Å². The van der Waals surface area contributed by atoms with E-state index >= 15 is 0 Å². The number of rotatable bonds is 4. The zero-order chi connectivity index (χ0) is 13.8. The molecule has 100 valence electrons. The van der Waals surface area contributed by atoms with Crippen LogP contribution in [-0.4, -0.2) is 6.54 Å². The molecule has 0 fully saturated rings. The van der Waals surface area contributed by atoms with Crippen molar-refractivity contribution in [3.63, 3.8) is 0 Å². The van der Waals surface area contributed by atoms with Crippen molar-refractivity contribution in [1.29, 1.82) is 0 Å². The van der Waals surface area contributed by atoms with Crippen molar-refractivity contribution in [3.8, 4) is 11.5 Å². The molecule has 0 bridgehead atoms. The summed E-state index contributed by atoms with van der Waals surface area (Å²) in [6.07, 6.45) is 0.905. The van der Waals surface area contributed by atoms with E-state index in [4.69, 9.17) is 10.5 Å². The number of halogens is 1. The molecule has 2 N–H and O–H groups in total. The van der Waals surface area contributed by atoms with Crippen LogP contribution in [0.5, 0.6) is 11.5 Å². The Hall–Kier alpha value is -1.32. The molecule has 0 aliphatic heterocycles. The smallest absolute Gasteiger partial charge is 0.131 e. The molecule has 19 heavy (non-hydrogen) atoms. The number of nitrogens with two attached hydrogens (primary N) is 1. The van der Waals surface area contributed by atoms with Crippen LogP contribution in [-0.2, 0) is 6.42 Å². The van der Waals surface area contributed by atoms with Crippen LogP contribution < -0.4 is 10.5 Å². The summed E-state index contributed by atoms with van der Waals surface area (Å²) in [7, 11) is 0. The van der Waals surface area contributed by atoms with E-state index in [1.807, 2.05) is 31.2 Å². The Balaban J connectivity index is 2.24. The molecule has 2 aromatic carbocycles. The van der Waals surface area contributed by atoms with Gasteiger partial charge in [0, 0.05) is 4.47 Å². The van der Waals surface area contributed by atoms with Crippen LogP contribution in [0.15, 0.2) is 40.9 Å². The normalized spacial score (nSPS) is 10.5. The van der Waals surface area contributed by atoms with Gasteiger partial charge in [0.05, 0.1) is 0 Å². The topological polar surface area (TPSA) is 35.2 Å². The molecule has 0 heterocycles. The van der Waals surface area contributed by atoms with E-state index in [0.29, 0.717) is 6.54 Å². The van der Waals surface area contributed by atoms with Crippen LogP contribution in [0.2, 0.25) is 0 Å². The van der Waals surface area contributed by atoms with Crippen molar-refractivity contribution in [2.75, 3.05) is 6.54 Å². The molecule has 2 aromatic rings. The van der Waals surface area contributed by atoms with E-state index in [2.05, 4.69) is 35.0 Å². The fraction of sp³-hybridized carbons (Fsp3) is 0.250. The van der Waals surface area contributed by atoms with Gasteiger partial charge in [0.15, 0.2) is 0 Å². The lowest BCUT2D eigenvalue weighted by Crippen LogP contribution is -2.04. The van der Waals surface area contributed by atoms with Gasteiger partial charge in [0.1, 0.15) is 11.5 Å². The summed E-state index contributed by atoms with van der Waals surface area (Å²) in [5.74, 6) is 1.74. The Morgan fingerprint density at radius 3 is 2.53 bits per heavy atom. The van der Waals surface area contributed by atoms with E-state index in [0.717, 1.165) is 28.0 Å². The van der Waals surface area contributed by atoms with Crippen molar-refractivity contribution >= 4 is 15.9 Å². The van der Waals surface area contributed by atoms with Gasteiger partial charge in [-0.1, -0.05) is 28.1 Å². The maximum absolute atomic E-state index is 5.94. The lowest BCUT2D eigenvalue weighted by atomic mass is 10.1. The van der Waals surface area contributed by atoms with E-state index in [1.54, 1.807) is 0 Å². The van der Waals surface area contributed by atoms with Crippen LogP contribution in [0.3, 0.4) is 0 Å². The second-order valence-electron chi connectivity index (χ2n) is 4.64. The highest BCUT2D eigenvalue weighted by molar-refractivity contribution is 9.10. The SMILES string of the molecule is Cc1cc(Oc2cc(Br)ccc2C)ccc1CCN. The Morgan fingerprint density at radius 1 is 1.05 bits per heavy atom. The van der Waals surface area contributed by atoms with Crippen LogP contribution in [0.4, 0.5) is 0 Å². The van der Waals surface area contributed by atoms with Crippen molar-refractivity contribution in [1.82, 2.24) is 0 Å². The summed E-state index contributed by atoms with van der Waals surface area (Å²) in [5.41, 5.74) is 9.21. The maximum Gasteiger partial charge on any atom is 0.131 e. The predicted octanol–water partition coefficient (Wildman–Crippen LogP) is 4.36. The largest absolute Gasteiger partial charge is 0.457 e. The molecule has 2 nitrogen and oxygen atoms in total. The number of ether oxygens (including phenoxy) is 1. The summed E-state index contributed by atoms with van der Waals surface area (Å²) in [5, 5.41) is 0. The summed E-state index contributed by atoms with van der Waals surface area (Å²) < 4.78 is 6.96. The van der Waals surface area contributed by atoms with Crippen molar-refractivity contribution in [2.24, 2.45) is 5.73 Å². The Bertz CT molecular complexity index is 581. The molecule has 0 spiro atoms. The zero-order valence-electron chi connectivity index (χ0n) is 11.2. The highest BCUT2D eigenvalue weighted by atomic mass is 79.9. The third kappa shape index (κ3) is 3.58. The first-order chi connectivity index (χ1) is 9.10. The number of benzene rings is 2. The lowest BCUT2D eigenvalue weighted by molar-refractivity contribution is 0.478. The first-order valence-corrected chi connectivity index (χ1v) is 7.13. The standard InChI is InChI=1S/C16H18BrNO/c1-11-3-5-14(17)10-16(11)19-15-6-4-13(7-8-18)12(2)9-15/h3-6,9-10H,7-8,18H2,1-2H3. The second-order valence-corrected chi connectivity index (χ2v) is 5.55. The minimum atomic E-state index is 0.672. The predicted molar refractivity (Wildman–Crippen MR) is 82.9 cm³/mol. The molecule has 0 saturated carbocycles. The molecule has 3 heteroatoms. The van der Waals surface area contributed by atoms with Crippen LogP contribution in [0, 0.1) is 13.8 Å². The van der Waals surface area contributed by atoms with Crippen LogP contribution in [0.25, 0.3) is 0 Å². The maximum atomic E-state index is 5.94. The first-order valence-electron chi connectivity index (χ1n) is 6.34. The van der Waals surface area contributed by atoms with E-state index in [9.17, 15) is 0 Å². The van der Waals surface area contributed by atoms with Crippen LogP contribution in [0.1, 0.15) is 16.7 Å². The zero-order valence-corrected chi connectivity index (χ0v) is 12.8. The molecular formula is C16H18BrNO. The van der Waals surface area contributed by atoms with Crippen LogP contribution >= 0.6 is 15.9 Å². The minimum absolute atomic E-state index is 0.672. The number of aryl methyl sites for hydroxylation is 2. The second kappa shape index (κ2) is 6.22. The highest BCUT2D eigenvalue weighted by Crippen LogP contribution is 2.29. The van der Waals surface area contributed by atoms with Gasteiger partial charge in [-0.15, -0.1) is 0 Å². The monoisotopic (exact) mass is 319 g/mol. The molecule has 0 aliphatic rings. The number of hydrogen-bond donors (Lipinski definition) is 1. The first kappa shape index (κ1) is 14.1. The fourth-order valence-corrected chi connectivity index (χ4v) is 2.32. The molecule has 0 atom stereocenters. The van der Waals surface area contributed by atoms with Gasteiger partial charge in [-0.25, -0.2) is 0 Å². The molecular weight excluding hydrogens is 302 g/mol. The minimum Gasteiger partial charge on any atom is -0.457 e. The van der Waals surface area contributed by atoms with E-state index in [1.165, 1.54) is 11.1 Å². The van der Waals surface area contributed by atoms with E-state index in [-0.39, 0.29) is 0 Å². The highest BCUT2D eigenvalue weighted by Gasteiger charge is 2.04. The Morgan fingerprint density at radius 2 is 1.84 bits per heavy atom. The Kier molecular flexibility index (Phi) is 4.61. The van der Waals surface area contributed by atoms with Gasteiger partial charge in [-0.05, 0) is 67.8 Å². The molecule has 0 unspecified atom stereocenters. The molecule has 2 rings (SSSR count). The summed E-state index contributed by atoms with van der Waals surface area (Å²) in [6, 6.07) is 12.2. The third-order valence-corrected chi connectivity index (χ3v) is 3.60. The van der Waals surface area contributed by atoms with Gasteiger partial charge >= 0.3 is 0 Å². The van der Waals surface area contributed by atoms with Gasteiger partial charge in [-0.2, -0.15) is 0 Å². The molecule has 0 aromatic heterocycles. The summed E-state index contributed by atoms with van der Waals surface area (Å²) in [4.78, 5) is 0. The average Bonchev–Trinajstić information content (AvgIpc) is 2.37. The van der Waals surface area contributed by atoms with E-state index < -0.39 is 0 Å². The van der Waals surface area contributed by atoms with Crippen molar-refractivity contribution < 1.29 is 4.74 Å².